The number of aromatic amines is 1. The van der Waals surface area contributed by atoms with E-state index in [0.29, 0.717) is 11.1 Å². The molecule has 0 aliphatic rings. The van der Waals surface area contributed by atoms with Gasteiger partial charge in [0.05, 0.1) is 5.56 Å². The molecular formula is C17H11FN4O2. The summed E-state index contributed by atoms with van der Waals surface area (Å²) in [5, 5.41) is 11.0. The summed E-state index contributed by atoms with van der Waals surface area (Å²) in [6.45, 7) is 0. The second kappa shape index (κ2) is 5.62. The van der Waals surface area contributed by atoms with Crippen molar-refractivity contribution in [1.29, 1.82) is 0 Å². The number of nitrogens with zero attached hydrogens (tertiary/aromatic N) is 2. The van der Waals surface area contributed by atoms with Crippen molar-refractivity contribution in [3.05, 3.63) is 66.1 Å². The van der Waals surface area contributed by atoms with E-state index in [1.165, 1.54) is 24.3 Å². The topological polar surface area (TPSA) is 83.8 Å². The van der Waals surface area contributed by atoms with Crippen LogP contribution in [0.2, 0.25) is 0 Å². The molecule has 118 valence electrons. The number of hydrogen-bond acceptors (Lipinski definition) is 4. The molecular weight excluding hydrogens is 311 g/mol. The number of carbonyl (C=O) groups is 1. The number of hydrogen-bond donors (Lipinski definition) is 2. The molecule has 0 aliphatic carbocycles. The van der Waals surface area contributed by atoms with E-state index >= 15 is 0 Å². The summed E-state index contributed by atoms with van der Waals surface area (Å²) in [7, 11) is 0. The smallest absolute Gasteiger partial charge is 0.322 e. The van der Waals surface area contributed by atoms with Crippen molar-refractivity contribution >= 4 is 22.8 Å². The molecule has 0 aliphatic heterocycles. The van der Waals surface area contributed by atoms with E-state index < -0.39 is 0 Å². The SMILES string of the molecule is O=C(Nc1nnc(-c2ccc(F)cc2)o1)c1c[nH]c2ccccc12. The highest BCUT2D eigenvalue weighted by Gasteiger charge is 2.15. The van der Waals surface area contributed by atoms with Gasteiger partial charge in [-0.2, -0.15) is 0 Å². The molecule has 0 radical (unpaired) electrons. The first-order valence-corrected chi connectivity index (χ1v) is 7.17. The highest BCUT2D eigenvalue weighted by molar-refractivity contribution is 6.12. The Hall–Kier alpha value is -3.48. The molecule has 0 unspecified atom stereocenters. The van der Waals surface area contributed by atoms with Crippen molar-refractivity contribution in [1.82, 2.24) is 15.2 Å². The monoisotopic (exact) mass is 322 g/mol. The molecule has 0 saturated heterocycles. The van der Waals surface area contributed by atoms with E-state index in [1.807, 2.05) is 24.3 Å². The number of aromatic nitrogens is 3. The van der Waals surface area contributed by atoms with E-state index in [-0.39, 0.29) is 23.6 Å². The lowest BCUT2D eigenvalue weighted by Gasteiger charge is -1.99. The fraction of sp³-hybridized carbons (Fsp3) is 0. The van der Waals surface area contributed by atoms with Crippen LogP contribution in [0.5, 0.6) is 0 Å². The third-order valence-corrected chi connectivity index (χ3v) is 3.57. The minimum Gasteiger partial charge on any atom is -0.403 e. The normalized spacial score (nSPS) is 10.9. The van der Waals surface area contributed by atoms with Crippen molar-refractivity contribution in [2.75, 3.05) is 5.32 Å². The Morgan fingerprint density at radius 1 is 1.08 bits per heavy atom. The first-order valence-electron chi connectivity index (χ1n) is 7.17. The molecule has 2 aromatic carbocycles. The third kappa shape index (κ3) is 2.52. The van der Waals surface area contributed by atoms with Gasteiger partial charge >= 0.3 is 6.01 Å². The number of para-hydroxylation sites is 1. The zero-order chi connectivity index (χ0) is 16.5. The lowest BCUT2D eigenvalue weighted by Crippen LogP contribution is -2.11. The number of nitrogens with one attached hydrogen (secondary N) is 2. The van der Waals surface area contributed by atoms with Crippen LogP contribution in [0.25, 0.3) is 22.4 Å². The van der Waals surface area contributed by atoms with Gasteiger partial charge in [0.15, 0.2) is 0 Å². The Morgan fingerprint density at radius 3 is 2.71 bits per heavy atom. The average molecular weight is 322 g/mol. The number of rotatable bonds is 3. The van der Waals surface area contributed by atoms with Crippen LogP contribution >= 0.6 is 0 Å². The Kier molecular flexibility index (Phi) is 3.31. The van der Waals surface area contributed by atoms with Crippen molar-refractivity contribution in [2.24, 2.45) is 0 Å². The van der Waals surface area contributed by atoms with Crippen LogP contribution in [0.15, 0.2) is 59.1 Å². The maximum atomic E-state index is 12.9. The van der Waals surface area contributed by atoms with E-state index in [4.69, 9.17) is 4.42 Å². The standard InChI is InChI=1S/C17H11FN4O2/c18-11-7-5-10(6-8-11)16-21-22-17(24-16)20-15(23)13-9-19-14-4-2-1-3-12(13)14/h1-9,19H,(H,20,22,23). The van der Waals surface area contributed by atoms with E-state index in [9.17, 15) is 9.18 Å². The summed E-state index contributed by atoms with van der Waals surface area (Å²) in [4.78, 5) is 15.4. The van der Waals surface area contributed by atoms with Gasteiger partial charge in [0.1, 0.15) is 5.82 Å². The van der Waals surface area contributed by atoms with Crippen molar-refractivity contribution in [3.8, 4) is 11.5 Å². The van der Waals surface area contributed by atoms with Crippen LogP contribution < -0.4 is 5.32 Å². The van der Waals surface area contributed by atoms with Gasteiger partial charge in [-0.1, -0.05) is 23.3 Å². The van der Waals surface area contributed by atoms with Crippen LogP contribution in [0.1, 0.15) is 10.4 Å². The summed E-state index contributed by atoms with van der Waals surface area (Å²) < 4.78 is 18.3. The van der Waals surface area contributed by atoms with Crippen LogP contribution in [0.3, 0.4) is 0 Å². The number of amides is 1. The largest absolute Gasteiger partial charge is 0.403 e. The molecule has 0 atom stereocenters. The number of carbonyl (C=O) groups excluding carboxylic acids is 1. The quantitative estimate of drug-likeness (QED) is 0.603. The second-order valence-electron chi connectivity index (χ2n) is 5.12. The number of halogens is 1. The molecule has 0 fully saturated rings. The van der Waals surface area contributed by atoms with Gasteiger partial charge in [0, 0.05) is 22.7 Å². The van der Waals surface area contributed by atoms with Gasteiger partial charge in [-0.3, -0.25) is 10.1 Å². The summed E-state index contributed by atoms with van der Waals surface area (Å²) in [6, 6.07) is 13.1. The molecule has 2 heterocycles. The Morgan fingerprint density at radius 2 is 1.88 bits per heavy atom. The molecule has 4 rings (SSSR count). The number of anilines is 1. The minimum absolute atomic E-state index is 0.0235. The zero-order valence-electron chi connectivity index (χ0n) is 12.3. The van der Waals surface area contributed by atoms with E-state index in [0.717, 1.165) is 10.9 Å². The molecule has 24 heavy (non-hydrogen) atoms. The highest BCUT2D eigenvalue weighted by atomic mass is 19.1. The molecule has 2 aromatic heterocycles. The third-order valence-electron chi connectivity index (χ3n) is 3.57. The number of benzene rings is 2. The Balaban J connectivity index is 1.57. The zero-order valence-corrected chi connectivity index (χ0v) is 12.3. The highest BCUT2D eigenvalue weighted by Crippen LogP contribution is 2.22. The van der Waals surface area contributed by atoms with Crippen molar-refractivity contribution < 1.29 is 13.6 Å². The summed E-state index contributed by atoms with van der Waals surface area (Å²) >= 11 is 0. The summed E-state index contributed by atoms with van der Waals surface area (Å²) in [6.07, 6.45) is 1.62. The Bertz CT molecular complexity index is 1020. The van der Waals surface area contributed by atoms with Crippen LogP contribution in [0.4, 0.5) is 10.4 Å². The number of fused-ring (bicyclic) bond motifs is 1. The molecule has 0 bridgehead atoms. The fourth-order valence-electron chi connectivity index (χ4n) is 2.41. The maximum absolute atomic E-state index is 12.9. The molecule has 4 aromatic rings. The van der Waals surface area contributed by atoms with Gasteiger partial charge in [-0.05, 0) is 30.3 Å². The lowest BCUT2D eigenvalue weighted by molar-refractivity contribution is 0.102. The first kappa shape index (κ1) is 14.1. The average Bonchev–Trinajstić information content (AvgIpc) is 3.22. The van der Waals surface area contributed by atoms with Gasteiger partial charge in [-0.25, -0.2) is 4.39 Å². The molecule has 0 saturated carbocycles. The van der Waals surface area contributed by atoms with E-state index in [2.05, 4.69) is 20.5 Å². The molecule has 7 heteroatoms. The Labute approximate surface area is 135 Å². The van der Waals surface area contributed by atoms with Crippen LogP contribution in [0, 0.1) is 5.82 Å². The second-order valence-corrected chi connectivity index (χ2v) is 5.12. The molecule has 6 nitrogen and oxygen atoms in total. The minimum atomic E-state index is -0.359. The molecule has 2 N–H and O–H groups in total. The van der Waals surface area contributed by atoms with Crippen molar-refractivity contribution in [2.45, 2.75) is 0 Å². The van der Waals surface area contributed by atoms with E-state index in [1.54, 1.807) is 6.20 Å². The molecule has 1 amide bonds. The van der Waals surface area contributed by atoms with Gasteiger partial charge in [0.2, 0.25) is 5.89 Å². The lowest BCUT2D eigenvalue weighted by atomic mass is 10.2. The predicted molar refractivity (Wildman–Crippen MR) is 85.9 cm³/mol. The summed E-state index contributed by atoms with van der Waals surface area (Å²) in [5.41, 5.74) is 1.91. The number of H-pyrrole nitrogens is 1. The van der Waals surface area contributed by atoms with Gasteiger partial charge < -0.3 is 9.40 Å². The summed E-state index contributed by atoms with van der Waals surface area (Å²) in [5.74, 6) is -0.517. The maximum Gasteiger partial charge on any atom is 0.322 e. The predicted octanol–water partition coefficient (Wildman–Crippen LogP) is 3.61. The van der Waals surface area contributed by atoms with Gasteiger partial charge in [0.25, 0.3) is 5.91 Å². The first-order chi connectivity index (χ1) is 11.7. The fourth-order valence-corrected chi connectivity index (χ4v) is 2.41. The molecule has 0 spiro atoms. The van der Waals surface area contributed by atoms with Crippen LogP contribution in [-0.2, 0) is 0 Å². The van der Waals surface area contributed by atoms with Crippen LogP contribution in [-0.4, -0.2) is 21.1 Å². The van der Waals surface area contributed by atoms with Crippen molar-refractivity contribution in [3.63, 3.8) is 0 Å². The van der Waals surface area contributed by atoms with Gasteiger partial charge in [-0.15, -0.1) is 5.10 Å².